The molecule has 134 valence electrons. The summed E-state index contributed by atoms with van der Waals surface area (Å²) in [5.74, 6) is 0.828. The van der Waals surface area contributed by atoms with E-state index in [1.165, 1.54) is 23.1 Å². The largest absolute Gasteiger partial charge is 0.494 e. The fraction of sp³-hybridized carbons (Fsp3) is 0.211. The van der Waals surface area contributed by atoms with Crippen LogP contribution in [0.4, 0.5) is 0 Å². The number of carbonyl (C=O) groups excluding carboxylic acids is 1. The van der Waals surface area contributed by atoms with Crippen LogP contribution in [-0.2, 0) is 0 Å². The van der Waals surface area contributed by atoms with Gasteiger partial charge in [-0.2, -0.15) is 0 Å². The Kier molecular flexibility index (Phi) is 6.24. The maximum absolute atomic E-state index is 12.7. The number of hydrogen-bond acceptors (Lipinski definition) is 6. The lowest BCUT2D eigenvalue weighted by Crippen LogP contribution is -2.13. The van der Waals surface area contributed by atoms with Crippen LogP contribution in [0.25, 0.3) is 5.69 Å². The van der Waals surface area contributed by atoms with E-state index in [9.17, 15) is 4.79 Å². The Morgan fingerprint density at radius 2 is 1.92 bits per heavy atom. The van der Waals surface area contributed by atoms with Gasteiger partial charge in [-0.25, -0.2) is 4.68 Å². The SMILES string of the molecule is CCOc1ccc(C(=O)[C@H](C)Sc2nn(-c3ccccc3)c(=S)s2)cc1. The second-order valence-corrected chi connectivity index (χ2v) is 8.67. The molecule has 1 heterocycles. The maximum Gasteiger partial charge on any atom is 0.184 e. The lowest BCUT2D eigenvalue weighted by molar-refractivity contribution is 0.0994. The summed E-state index contributed by atoms with van der Waals surface area (Å²) in [5.41, 5.74) is 1.59. The number of aromatic nitrogens is 2. The summed E-state index contributed by atoms with van der Waals surface area (Å²) in [7, 11) is 0. The monoisotopic (exact) mass is 402 g/mol. The maximum atomic E-state index is 12.7. The van der Waals surface area contributed by atoms with Crippen LogP contribution in [0.1, 0.15) is 24.2 Å². The van der Waals surface area contributed by atoms with Gasteiger partial charge in [0, 0.05) is 5.56 Å². The van der Waals surface area contributed by atoms with E-state index in [1.807, 2.05) is 56.3 Å². The van der Waals surface area contributed by atoms with Crippen molar-refractivity contribution < 1.29 is 9.53 Å². The Bertz CT molecular complexity index is 933. The molecule has 0 saturated carbocycles. The predicted octanol–water partition coefficient (Wildman–Crippen LogP) is 5.43. The molecule has 1 atom stereocenters. The summed E-state index contributed by atoms with van der Waals surface area (Å²) in [6.07, 6.45) is 0. The van der Waals surface area contributed by atoms with Crippen LogP contribution in [0.2, 0.25) is 0 Å². The second-order valence-electron chi connectivity index (χ2n) is 5.46. The first-order valence-corrected chi connectivity index (χ1v) is 10.3. The van der Waals surface area contributed by atoms with Gasteiger partial charge in [0.05, 0.1) is 17.5 Å². The number of rotatable bonds is 7. The molecule has 0 aliphatic rings. The Morgan fingerprint density at radius 3 is 2.58 bits per heavy atom. The van der Waals surface area contributed by atoms with Crippen molar-refractivity contribution >= 4 is 41.1 Å². The summed E-state index contributed by atoms with van der Waals surface area (Å²) in [5, 5.41) is 4.30. The number of ketones is 1. The standard InChI is InChI=1S/C19H18N2O2S3/c1-3-23-16-11-9-14(10-12-16)17(22)13(2)25-18-20-21(19(24)26-18)15-7-5-4-6-8-15/h4-13H,3H2,1-2H3/t13-/m0/s1. The van der Waals surface area contributed by atoms with Gasteiger partial charge in [0.25, 0.3) is 0 Å². The Labute approximate surface area is 165 Å². The van der Waals surface area contributed by atoms with Crippen LogP contribution >= 0.6 is 35.3 Å². The molecule has 0 saturated heterocycles. The van der Waals surface area contributed by atoms with Crippen LogP contribution in [0, 0.1) is 3.95 Å². The number of nitrogens with zero attached hydrogens (tertiary/aromatic N) is 2. The highest BCUT2D eigenvalue weighted by atomic mass is 32.2. The van der Waals surface area contributed by atoms with E-state index in [0.717, 1.165) is 15.8 Å². The average molecular weight is 403 g/mol. The molecule has 0 spiro atoms. The van der Waals surface area contributed by atoms with E-state index in [4.69, 9.17) is 17.0 Å². The van der Waals surface area contributed by atoms with E-state index in [2.05, 4.69) is 5.10 Å². The first-order chi connectivity index (χ1) is 12.6. The molecule has 3 aromatic rings. The van der Waals surface area contributed by atoms with Gasteiger partial charge in [0.1, 0.15) is 5.75 Å². The van der Waals surface area contributed by atoms with Gasteiger partial charge in [-0.1, -0.05) is 41.3 Å². The van der Waals surface area contributed by atoms with Crippen molar-refractivity contribution in [2.45, 2.75) is 23.4 Å². The molecule has 0 aliphatic carbocycles. The Hall–Kier alpha value is -1.96. The molecular formula is C19H18N2O2S3. The van der Waals surface area contributed by atoms with Crippen molar-refractivity contribution in [3.63, 3.8) is 0 Å². The van der Waals surface area contributed by atoms with Crippen molar-refractivity contribution in [2.24, 2.45) is 0 Å². The summed E-state index contributed by atoms with van der Waals surface area (Å²) in [6.45, 7) is 4.43. The fourth-order valence-electron chi connectivity index (χ4n) is 2.36. The van der Waals surface area contributed by atoms with E-state index in [0.29, 0.717) is 16.1 Å². The third-order valence-corrected chi connectivity index (χ3v) is 6.04. The van der Waals surface area contributed by atoms with E-state index < -0.39 is 0 Å². The van der Waals surface area contributed by atoms with Crippen LogP contribution < -0.4 is 4.74 Å². The lowest BCUT2D eigenvalue weighted by Gasteiger charge is -2.09. The number of para-hydroxylation sites is 1. The van der Waals surface area contributed by atoms with Gasteiger partial charge >= 0.3 is 0 Å². The smallest absolute Gasteiger partial charge is 0.184 e. The van der Waals surface area contributed by atoms with Gasteiger partial charge in [-0.3, -0.25) is 4.79 Å². The number of carbonyl (C=O) groups is 1. The predicted molar refractivity (Wildman–Crippen MR) is 110 cm³/mol. The van der Waals surface area contributed by atoms with Crippen LogP contribution in [-0.4, -0.2) is 27.4 Å². The zero-order valence-electron chi connectivity index (χ0n) is 14.4. The summed E-state index contributed by atoms with van der Waals surface area (Å²) in [4.78, 5) is 12.7. The molecule has 0 bridgehead atoms. The molecule has 0 fully saturated rings. The van der Waals surface area contributed by atoms with Crippen LogP contribution in [0.15, 0.2) is 58.9 Å². The molecule has 7 heteroatoms. The van der Waals surface area contributed by atoms with Crippen molar-refractivity contribution in [1.82, 2.24) is 9.78 Å². The summed E-state index contributed by atoms with van der Waals surface area (Å²) >= 11 is 8.26. The number of ether oxygens (including phenoxy) is 1. The van der Waals surface area contributed by atoms with Crippen molar-refractivity contribution in [2.75, 3.05) is 6.61 Å². The number of benzene rings is 2. The van der Waals surface area contributed by atoms with E-state index in [1.54, 1.807) is 16.8 Å². The molecular weight excluding hydrogens is 384 g/mol. The van der Waals surface area contributed by atoms with Gasteiger partial charge < -0.3 is 4.74 Å². The molecule has 0 amide bonds. The van der Waals surface area contributed by atoms with Crippen molar-refractivity contribution in [3.05, 3.63) is 64.1 Å². The highest BCUT2D eigenvalue weighted by Crippen LogP contribution is 2.29. The van der Waals surface area contributed by atoms with Gasteiger partial charge in [-0.05, 0) is 62.5 Å². The summed E-state index contributed by atoms with van der Waals surface area (Å²) in [6, 6.07) is 17.0. The molecule has 3 rings (SSSR count). The van der Waals surface area contributed by atoms with Crippen molar-refractivity contribution in [1.29, 1.82) is 0 Å². The third-order valence-electron chi connectivity index (χ3n) is 3.63. The van der Waals surface area contributed by atoms with E-state index >= 15 is 0 Å². The quantitative estimate of drug-likeness (QED) is 0.300. The van der Waals surface area contributed by atoms with Crippen LogP contribution in [0.3, 0.4) is 0 Å². The first kappa shape index (κ1) is 18.8. The highest BCUT2D eigenvalue weighted by molar-refractivity contribution is 8.02. The fourth-order valence-corrected chi connectivity index (χ4v) is 4.94. The lowest BCUT2D eigenvalue weighted by atomic mass is 10.1. The normalized spacial score (nSPS) is 11.9. The molecule has 0 N–H and O–H groups in total. The highest BCUT2D eigenvalue weighted by Gasteiger charge is 2.19. The van der Waals surface area contributed by atoms with Gasteiger partial charge in [0.15, 0.2) is 14.1 Å². The molecule has 0 unspecified atom stereocenters. The van der Waals surface area contributed by atoms with Crippen LogP contribution in [0.5, 0.6) is 5.75 Å². The Balaban J connectivity index is 1.72. The molecule has 0 radical (unpaired) electrons. The first-order valence-electron chi connectivity index (χ1n) is 8.18. The number of Topliss-reactive ketones (excluding diaryl/α,β-unsaturated/α-hetero) is 1. The van der Waals surface area contributed by atoms with Gasteiger partial charge in [0.2, 0.25) is 0 Å². The van der Waals surface area contributed by atoms with Crippen molar-refractivity contribution in [3.8, 4) is 11.4 Å². The second kappa shape index (κ2) is 8.62. The Morgan fingerprint density at radius 1 is 1.23 bits per heavy atom. The molecule has 0 aliphatic heterocycles. The number of hydrogen-bond donors (Lipinski definition) is 0. The van der Waals surface area contributed by atoms with E-state index in [-0.39, 0.29) is 11.0 Å². The number of thioether (sulfide) groups is 1. The minimum atomic E-state index is -0.252. The third kappa shape index (κ3) is 4.41. The minimum absolute atomic E-state index is 0.0606. The molecule has 1 aromatic heterocycles. The summed E-state index contributed by atoms with van der Waals surface area (Å²) < 4.78 is 8.60. The molecule has 4 nitrogen and oxygen atoms in total. The average Bonchev–Trinajstić information content (AvgIpc) is 3.03. The van der Waals surface area contributed by atoms with Gasteiger partial charge in [-0.15, -0.1) is 5.10 Å². The zero-order chi connectivity index (χ0) is 18.5. The topological polar surface area (TPSA) is 44.1 Å². The minimum Gasteiger partial charge on any atom is -0.494 e. The molecule has 26 heavy (non-hydrogen) atoms. The zero-order valence-corrected chi connectivity index (χ0v) is 16.9. The molecule has 2 aromatic carbocycles.